The molecule has 1 aliphatic rings. The van der Waals surface area contributed by atoms with Gasteiger partial charge in [-0.05, 0) is 36.4 Å². The van der Waals surface area contributed by atoms with Gasteiger partial charge in [0.1, 0.15) is 17.8 Å². The average Bonchev–Trinajstić information content (AvgIpc) is 2.87. The van der Waals surface area contributed by atoms with E-state index in [-0.39, 0.29) is 0 Å². The van der Waals surface area contributed by atoms with Gasteiger partial charge in [-0.2, -0.15) is 0 Å². The molecule has 1 saturated heterocycles. The van der Waals surface area contributed by atoms with E-state index in [9.17, 15) is 5.11 Å². The predicted molar refractivity (Wildman–Crippen MR) is 88.9 cm³/mol. The molecule has 1 fully saturated rings. The number of rotatable bonds is 2. The second-order valence-electron chi connectivity index (χ2n) is 5.98. The zero-order chi connectivity index (χ0) is 16.2. The number of nitrogen functional groups attached to an aromatic ring is 1. The minimum absolute atomic E-state index is 0.354. The van der Waals surface area contributed by atoms with Gasteiger partial charge >= 0.3 is 0 Å². The number of aliphatic hydroxyl groups is 1. The number of anilines is 1. The number of hydrogen-bond acceptors (Lipinski definition) is 5. The molecule has 0 radical (unpaired) electrons. The highest BCUT2D eigenvalue weighted by atomic mass is 127. The molecule has 0 amide bonds. The fourth-order valence-corrected chi connectivity index (χ4v) is 3.87. The van der Waals surface area contributed by atoms with Gasteiger partial charge in [0.05, 0.1) is 17.6 Å². The van der Waals surface area contributed by atoms with Crippen LogP contribution in [0.4, 0.5) is 10.2 Å². The number of hydrogen-bond donors (Lipinski definition) is 2. The van der Waals surface area contributed by atoms with Crippen molar-refractivity contribution in [2.24, 2.45) is 5.92 Å². The van der Waals surface area contributed by atoms with Gasteiger partial charge < -0.3 is 20.1 Å². The number of alkyl halides is 1. The molecule has 6 nitrogen and oxygen atoms in total. The lowest BCUT2D eigenvalue weighted by Gasteiger charge is -2.26. The molecule has 8 heteroatoms. The molecule has 0 saturated carbocycles. The SMILES string of the molecule is CC(O)[C@H]1O[C@@H](n2cc(I)c3c(N)ncnc32)[C@](C)(F)[C@@H]1C. The normalized spacial score (nSPS) is 33.5. The Labute approximate surface area is 141 Å². The van der Waals surface area contributed by atoms with E-state index in [0.717, 1.165) is 3.57 Å². The molecule has 3 heterocycles. The zero-order valence-electron chi connectivity index (χ0n) is 12.5. The Kier molecular flexibility index (Phi) is 3.81. The van der Waals surface area contributed by atoms with Gasteiger partial charge in [-0.1, -0.05) is 6.92 Å². The maximum atomic E-state index is 15.3. The third-order valence-electron chi connectivity index (χ3n) is 4.47. The van der Waals surface area contributed by atoms with Crippen LogP contribution in [0.1, 0.15) is 27.0 Å². The summed E-state index contributed by atoms with van der Waals surface area (Å²) < 4.78 is 23.6. The smallest absolute Gasteiger partial charge is 0.170 e. The van der Waals surface area contributed by atoms with E-state index in [4.69, 9.17) is 10.5 Å². The molecule has 3 rings (SSSR count). The summed E-state index contributed by atoms with van der Waals surface area (Å²) in [5.41, 5.74) is 4.78. The first kappa shape index (κ1) is 15.9. The van der Waals surface area contributed by atoms with E-state index < -0.39 is 30.0 Å². The highest BCUT2D eigenvalue weighted by Crippen LogP contribution is 2.47. The number of ether oxygens (including phenoxy) is 1. The van der Waals surface area contributed by atoms with Crippen LogP contribution in [0.25, 0.3) is 11.0 Å². The molecule has 5 atom stereocenters. The van der Waals surface area contributed by atoms with Gasteiger partial charge in [-0.3, -0.25) is 0 Å². The lowest BCUT2D eigenvalue weighted by Crippen LogP contribution is -2.35. The summed E-state index contributed by atoms with van der Waals surface area (Å²) in [5.74, 6) is -0.0985. The van der Waals surface area contributed by atoms with Gasteiger partial charge in [-0.25, -0.2) is 14.4 Å². The minimum Gasteiger partial charge on any atom is -0.391 e. The Morgan fingerprint density at radius 3 is 2.82 bits per heavy atom. The van der Waals surface area contributed by atoms with Gasteiger partial charge in [0.2, 0.25) is 0 Å². The van der Waals surface area contributed by atoms with Crippen molar-refractivity contribution in [1.82, 2.24) is 14.5 Å². The summed E-state index contributed by atoms with van der Waals surface area (Å²) >= 11 is 2.12. The van der Waals surface area contributed by atoms with Crippen LogP contribution in [0.2, 0.25) is 0 Å². The molecule has 22 heavy (non-hydrogen) atoms. The van der Waals surface area contributed by atoms with E-state index in [1.807, 2.05) is 0 Å². The monoisotopic (exact) mass is 420 g/mol. The topological polar surface area (TPSA) is 86.2 Å². The van der Waals surface area contributed by atoms with Crippen LogP contribution >= 0.6 is 22.6 Å². The summed E-state index contributed by atoms with van der Waals surface area (Å²) in [4.78, 5) is 8.20. The fourth-order valence-electron chi connectivity index (χ4n) is 3.06. The van der Waals surface area contributed by atoms with Gasteiger partial charge in [0, 0.05) is 15.7 Å². The number of nitrogens with two attached hydrogens (primary N) is 1. The molecule has 2 aromatic rings. The molecule has 120 valence electrons. The molecular weight excluding hydrogens is 402 g/mol. The molecular formula is C14H18FIN4O2. The van der Waals surface area contributed by atoms with Crippen LogP contribution < -0.4 is 5.73 Å². The first-order valence-corrected chi connectivity index (χ1v) is 8.12. The maximum Gasteiger partial charge on any atom is 0.170 e. The molecule has 0 spiro atoms. The van der Waals surface area contributed by atoms with Crippen LogP contribution in [0, 0.1) is 9.49 Å². The van der Waals surface area contributed by atoms with Gasteiger partial charge in [0.15, 0.2) is 11.9 Å². The van der Waals surface area contributed by atoms with Crippen molar-refractivity contribution in [3.63, 3.8) is 0 Å². The molecule has 0 aromatic carbocycles. The predicted octanol–water partition coefficient (Wildman–Crippen LogP) is 2.26. The molecule has 0 aliphatic carbocycles. The number of halogens is 2. The van der Waals surface area contributed by atoms with Crippen LogP contribution in [-0.4, -0.2) is 37.5 Å². The number of nitrogens with zero attached hydrogens (tertiary/aromatic N) is 3. The van der Waals surface area contributed by atoms with E-state index in [0.29, 0.717) is 16.9 Å². The lowest BCUT2D eigenvalue weighted by molar-refractivity contribution is -0.0760. The molecule has 3 N–H and O–H groups in total. The molecule has 0 bridgehead atoms. The van der Waals surface area contributed by atoms with Crippen LogP contribution in [0.15, 0.2) is 12.5 Å². The Balaban J connectivity index is 2.14. The van der Waals surface area contributed by atoms with Crippen molar-refractivity contribution in [1.29, 1.82) is 0 Å². The van der Waals surface area contributed by atoms with Gasteiger partial charge in [-0.15, -0.1) is 0 Å². The second kappa shape index (κ2) is 5.27. The molecule has 1 unspecified atom stereocenters. The molecule has 2 aromatic heterocycles. The Bertz CT molecular complexity index is 718. The summed E-state index contributed by atoms with van der Waals surface area (Å²) in [6, 6.07) is 0. The van der Waals surface area contributed by atoms with E-state index >= 15 is 4.39 Å². The van der Waals surface area contributed by atoms with Crippen molar-refractivity contribution in [3.8, 4) is 0 Å². The van der Waals surface area contributed by atoms with E-state index in [1.54, 1.807) is 24.6 Å². The maximum absolute atomic E-state index is 15.3. The number of aliphatic hydroxyl groups excluding tert-OH is 1. The highest BCUT2D eigenvalue weighted by Gasteiger charge is 2.54. The zero-order valence-corrected chi connectivity index (χ0v) is 14.7. The Hall–Kier alpha value is -1.00. The summed E-state index contributed by atoms with van der Waals surface area (Å²) in [6.07, 6.45) is 0.910. The quantitative estimate of drug-likeness (QED) is 0.729. The van der Waals surface area contributed by atoms with Crippen molar-refractivity contribution >= 4 is 39.4 Å². The summed E-state index contributed by atoms with van der Waals surface area (Å²) in [5, 5.41) is 10.5. The largest absolute Gasteiger partial charge is 0.391 e. The van der Waals surface area contributed by atoms with Crippen LogP contribution in [0.3, 0.4) is 0 Å². The molecule has 1 aliphatic heterocycles. The van der Waals surface area contributed by atoms with Crippen molar-refractivity contribution in [2.45, 2.75) is 44.9 Å². The first-order valence-electron chi connectivity index (χ1n) is 7.04. The van der Waals surface area contributed by atoms with E-state index in [1.165, 1.54) is 13.3 Å². The third kappa shape index (κ3) is 2.19. The third-order valence-corrected chi connectivity index (χ3v) is 5.29. The summed E-state index contributed by atoms with van der Waals surface area (Å²) in [6.45, 7) is 4.85. The van der Waals surface area contributed by atoms with Crippen molar-refractivity contribution in [2.75, 3.05) is 5.73 Å². The highest BCUT2D eigenvalue weighted by molar-refractivity contribution is 14.1. The second-order valence-corrected chi connectivity index (χ2v) is 7.14. The van der Waals surface area contributed by atoms with Crippen molar-refractivity contribution < 1.29 is 14.2 Å². The van der Waals surface area contributed by atoms with Gasteiger partial charge in [0.25, 0.3) is 0 Å². The standard InChI is InChI=1S/C14H18FIN4O2/c1-6-10(7(2)21)22-13(14(6,3)15)20-4-8(16)9-11(17)18-5-19-12(9)20/h4-7,10,13,21H,1-3H3,(H2,17,18,19)/t6-,7?,10+,13-,14-/m1/s1. The summed E-state index contributed by atoms with van der Waals surface area (Å²) in [7, 11) is 0. The number of aromatic nitrogens is 3. The minimum atomic E-state index is -1.64. The lowest BCUT2D eigenvalue weighted by atomic mass is 9.88. The van der Waals surface area contributed by atoms with E-state index in [2.05, 4.69) is 32.6 Å². The fraction of sp³-hybridized carbons (Fsp3) is 0.571. The van der Waals surface area contributed by atoms with Crippen LogP contribution in [0.5, 0.6) is 0 Å². The Morgan fingerprint density at radius 1 is 1.55 bits per heavy atom. The Morgan fingerprint density at radius 2 is 2.23 bits per heavy atom. The average molecular weight is 420 g/mol. The number of fused-ring (bicyclic) bond motifs is 1. The van der Waals surface area contributed by atoms with Crippen molar-refractivity contribution in [3.05, 3.63) is 16.1 Å². The first-order chi connectivity index (χ1) is 10.2. The van der Waals surface area contributed by atoms with Crippen LogP contribution in [-0.2, 0) is 4.74 Å².